The van der Waals surface area contributed by atoms with Crippen LogP contribution in [0.3, 0.4) is 0 Å². The van der Waals surface area contributed by atoms with Gasteiger partial charge in [-0.05, 0) is 47.3 Å². The molecular weight excluding hydrogens is 337 g/mol. The Hall–Kier alpha value is -1.61. The maximum absolute atomic E-state index is 14.0. The first-order valence-corrected chi connectivity index (χ1v) is 7.82. The fourth-order valence-corrected chi connectivity index (χ4v) is 2.81. The van der Waals surface area contributed by atoms with E-state index in [-0.39, 0.29) is 15.9 Å². The summed E-state index contributed by atoms with van der Waals surface area (Å²) in [4.78, 5) is 13.9. The van der Waals surface area contributed by atoms with E-state index in [1.165, 1.54) is 12.5 Å². The van der Waals surface area contributed by atoms with E-state index in [0.29, 0.717) is 18.7 Å². The first-order valence-electron chi connectivity index (χ1n) is 7.03. The number of benzene rings is 1. The largest absolute Gasteiger partial charge is 0.382 e. The van der Waals surface area contributed by atoms with Crippen LogP contribution in [0.25, 0.3) is 0 Å². The van der Waals surface area contributed by atoms with Crippen molar-refractivity contribution in [2.24, 2.45) is 0 Å². The van der Waals surface area contributed by atoms with Crippen LogP contribution in [-0.2, 0) is 4.79 Å². The van der Waals surface area contributed by atoms with E-state index >= 15 is 0 Å². The zero-order chi connectivity index (χ0) is 15.2. The highest BCUT2D eigenvalue weighted by Gasteiger charge is 2.16. The highest BCUT2D eigenvalue weighted by Crippen LogP contribution is 2.26. The van der Waals surface area contributed by atoms with Gasteiger partial charge in [0.2, 0.25) is 5.91 Å². The van der Waals surface area contributed by atoms with Gasteiger partial charge in [0.1, 0.15) is 6.07 Å². The van der Waals surface area contributed by atoms with Crippen molar-refractivity contribution < 1.29 is 9.18 Å². The summed E-state index contributed by atoms with van der Waals surface area (Å²) < 4.78 is 14.1. The molecule has 1 amide bonds. The third kappa shape index (κ3) is 3.94. The van der Waals surface area contributed by atoms with Gasteiger partial charge >= 0.3 is 0 Å². The molecule has 6 heteroatoms. The molecule has 0 radical (unpaired) electrons. The normalized spacial score (nSPS) is 14.6. The molecule has 0 saturated carbocycles. The lowest BCUT2D eigenvalue weighted by molar-refractivity contribution is -0.131. The zero-order valence-electron chi connectivity index (χ0n) is 11.7. The molecular formula is C15H17BrFN3O. The Bertz CT molecular complexity index is 565. The molecule has 0 bridgehead atoms. The third-order valence-electron chi connectivity index (χ3n) is 3.57. The van der Waals surface area contributed by atoms with Crippen LogP contribution in [0.2, 0.25) is 0 Å². The van der Waals surface area contributed by atoms with Gasteiger partial charge in [-0.25, -0.2) is 4.39 Å². The Morgan fingerprint density at radius 2 is 2.10 bits per heavy atom. The van der Waals surface area contributed by atoms with Crippen molar-refractivity contribution in [2.75, 3.05) is 25.0 Å². The van der Waals surface area contributed by atoms with E-state index in [0.717, 1.165) is 25.9 Å². The molecule has 1 aromatic carbocycles. The molecule has 1 aliphatic heterocycles. The minimum absolute atomic E-state index is 0.107. The van der Waals surface area contributed by atoms with E-state index in [2.05, 4.69) is 21.2 Å². The summed E-state index contributed by atoms with van der Waals surface area (Å²) in [7, 11) is 0. The molecule has 1 fully saturated rings. The molecule has 0 unspecified atom stereocenters. The number of hydrogen-bond acceptors (Lipinski definition) is 3. The Labute approximate surface area is 132 Å². The van der Waals surface area contributed by atoms with Crippen LogP contribution in [0.15, 0.2) is 16.6 Å². The van der Waals surface area contributed by atoms with Crippen LogP contribution in [0.4, 0.5) is 10.1 Å². The number of likely N-dealkylation sites (tertiary alicyclic amines) is 1. The van der Waals surface area contributed by atoms with Crippen LogP contribution >= 0.6 is 15.9 Å². The predicted octanol–water partition coefficient (Wildman–Crippen LogP) is 3.27. The lowest BCUT2D eigenvalue weighted by Gasteiger charge is -2.26. The Kier molecular flexibility index (Phi) is 5.57. The Morgan fingerprint density at radius 1 is 1.38 bits per heavy atom. The second-order valence-corrected chi connectivity index (χ2v) is 5.81. The number of carbonyl (C=O) groups excluding carboxylic acids is 1. The van der Waals surface area contributed by atoms with Crippen molar-refractivity contribution in [1.29, 1.82) is 5.26 Å². The van der Waals surface area contributed by atoms with Crippen LogP contribution in [0.5, 0.6) is 0 Å². The summed E-state index contributed by atoms with van der Waals surface area (Å²) in [6.45, 7) is 2.04. The first kappa shape index (κ1) is 15.8. The van der Waals surface area contributed by atoms with Crippen LogP contribution in [-0.4, -0.2) is 30.4 Å². The number of hydrogen-bond donors (Lipinski definition) is 1. The van der Waals surface area contributed by atoms with Gasteiger partial charge in [0.05, 0.1) is 15.7 Å². The van der Waals surface area contributed by atoms with Crippen molar-refractivity contribution in [1.82, 2.24) is 4.90 Å². The molecule has 1 heterocycles. The van der Waals surface area contributed by atoms with E-state index in [4.69, 9.17) is 5.26 Å². The van der Waals surface area contributed by atoms with Crippen LogP contribution in [0, 0.1) is 17.1 Å². The standard InChI is InChI=1S/C15H17BrFN3O/c16-14-11(10-18)4-5-12(15(14)17)19-7-6-13(21)20-8-2-1-3-9-20/h4-5,19H,1-3,6-9H2. The summed E-state index contributed by atoms with van der Waals surface area (Å²) in [6, 6.07) is 4.97. The second-order valence-electron chi connectivity index (χ2n) is 5.02. The number of nitrogens with zero attached hydrogens (tertiary/aromatic N) is 2. The van der Waals surface area contributed by atoms with Crippen molar-refractivity contribution in [3.63, 3.8) is 0 Å². The monoisotopic (exact) mass is 353 g/mol. The maximum atomic E-state index is 14.0. The van der Waals surface area contributed by atoms with Crippen molar-refractivity contribution in [3.05, 3.63) is 28.0 Å². The summed E-state index contributed by atoms with van der Waals surface area (Å²) in [6.07, 6.45) is 3.66. The number of anilines is 1. The van der Waals surface area contributed by atoms with Gasteiger partial charge in [-0.3, -0.25) is 4.79 Å². The predicted molar refractivity (Wildman–Crippen MR) is 82.4 cm³/mol. The van der Waals surface area contributed by atoms with Crippen molar-refractivity contribution in [2.45, 2.75) is 25.7 Å². The van der Waals surface area contributed by atoms with Gasteiger partial charge < -0.3 is 10.2 Å². The lowest BCUT2D eigenvalue weighted by atomic mass is 10.1. The van der Waals surface area contributed by atoms with E-state index < -0.39 is 5.82 Å². The van der Waals surface area contributed by atoms with E-state index in [1.54, 1.807) is 6.07 Å². The highest BCUT2D eigenvalue weighted by atomic mass is 79.9. The number of nitriles is 1. The van der Waals surface area contributed by atoms with Crippen LogP contribution < -0.4 is 5.32 Å². The quantitative estimate of drug-likeness (QED) is 0.903. The number of carbonyl (C=O) groups is 1. The van der Waals surface area contributed by atoms with Gasteiger partial charge in [0, 0.05) is 26.1 Å². The molecule has 0 aromatic heterocycles. The Balaban J connectivity index is 1.87. The zero-order valence-corrected chi connectivity index (χ0v) is 13.2. The van der Waals surface area contributed by atoms with Crippen molar-refractivity contribution >= 4 is 27.5 Å². The molecule has 4 nitrogen and oxygen atoms in total. The van der Waals surface area contributed by atoms with Gasteiger partial charge in [-0.15, -0.1) is 0 Å². The van der Waals surface area contributed by atoms with Crippen LogP contribution in [0.1, 0.15) is 31.2 Å². The molecule has 21 heavy (non-hydrogen) atoms. The number of piperidine rings is 1. The number of nitrogens with one attached hydrogen (secondary N) is 1. The SMILES string of the molecule is N#Cc1ccc(NCCC(=O)N2CCCCC2)c(F)c1Br. The average Bonchev–Trinajstić information content (AvgIpc) is 2.52. The van der Waals surface area contributed by atoms with Gasteiger partial charge in [-0.2, -0.15) is 5.26 Å². The minimum atomic E-state index is -0.500. The molecule has 1 N–H and O–H groups in total. The summed E-state index contributed by atoms with van der Waals surface area (Å²) >= 11 is 3.06. The molecule has 2 rings (SSSR count). The molecule has 1 aliphatic rings. The summed E-state index contributed by atoms with van der Waals surface area (Å²) in [5.41, 5.74) is 0.551. The fraction of sp³-hybridized carbons (Fsp3) is 0.467. The number of rotatable bonds is 4. The molecule has 0 atom stereocenters. The summed E-state index contributed by atoms with van der Waals surface area (Å²) in [5.74, 6) is -0.394. The van der Waals surface area contributed by atoms with E-state index in [9.17, 15) is 9.18 Å². The topological polar surface area (TPSA) is 56.1 Å². The lowest BCUT2D eigenvalue weighted by Crippen LogP contribution is -2.36. The molecule has 1 saturated heterocycles. The number of amides is 1. The van der Waals surface area contributed by atoms with Crippen molar-refractivity contribution in [3.8, 4) is 6.07 Å². The third-order valence-corrected chi connectivity index (χ3v) is 4.34. The van der Waals surface area contributed by atoms with Gasteiger partial charge in [-0.1, -0.05) is 0 Å². The first-order chi connectivity index (χ1) is 10.1. The smallest absolute Gasteiger partial charge is 0.224 e. The number of halogens is 2. The minimum Gasteiger partial charge on any atom is -0.382 e. The average molecular weight is 354 g/mol. The Morgan fingerprint density at radius 3 is 2.76 bits per heavy atom. The molecule has 1 aromatic rings. The molecule has 0 spiro atoms. The van der Waals surface area contributed by atoms with Gasteiger partial charge in [0.15, 0.2) is 5.82 Å². The second kappa shape index (κ2) is 7.41. The summed E-state index contributed by atoms with van der Waals surface area (Å²) in [5, 5.41) is 11.7. The molecule has 112 valence electrons. The molecule has 0 aliphatic carbocycles. The van der Waals surface area contributed by atoms with E-state index in [1.807, 2.05) is 11.0 Å². The fourth-order valence-electron chi connectivity index (χ4n) is 2.38. The van der Waals surface area contributed by atoms with Gasteiger partial charge in [0.25, 0.3) is 0 Å². The highest BCUT2D eigenvalue weighted by molar-refractivity contribution is 9.10. The maximum Gasteiger partial charge on any atom is 0.224 e.